The van der Waals surface area contributed by atoms with Crippen LogP contribution in [0.15, 0.2) is 0 Å². The van der Waals surface area contributed by atoms with Crippen LogP contribution in [0.2, 0.25) is 0 Å². The van der Waals surface area contributed by atoms with Gasteiger partial charge in [-0.2, -0.15) is 0 Å². The predicted octanol–water partition coefficient (Wildman–Crippen LogP) is 1.67. The molecular formula is C11H18O4. The van der Waals surface area contributed by atoms with E-state index in [1.807, 2.05) is 0 Å². The normalized spacial score (nSPS) is 24.5. The summed E-state index contributed by atoms with van der Waals surface area (Å²) in [5.41, 5.74) is -0.0398. The van der Waals surface area contributed by atoms with Crippen molar-refractivity contribution in [3.8, 4) is 0 Å². The van der Waals surface area contributed by atoms with E-state index in [1.54, 1.807) is 0 Å². The third kappa shape index (κ3) is 3.22. The molecule has 0 aromatic heterocycles. The number of esters is 2. The monoisotopic (exact) mass is 214 g/mol. The van der Waals surface area contributed by atoms with Crippen molar-refractivity contribution in [2.75, 3.05) is 7.11 Å². The summed E-state index contributed by atoms with van der Waals surface area (Å²) in [5, 5.41) is 0. The van der Waals surface area contributed by atoms with Crippen LogP contribution in [0.25, 0.3) is 0 Å². The summed E-state index contributed by atoms with van der Waals surface area (Å²) in [5.74, 6) is -0.420. The Labute approximate surface area is 89.9 Å². The molecule has 1 aliphatic heterocycles. The first-order chi connectivity index (χ1) is 6.95. The molecule has 0 amide bonds. The van der Waals surface area contributed by atoms with Gasteiger partial charge in [0.15, 0.2) is 0 Å². The molecule has 1 fully saturated rings. The number of carbonyl (C=O) groups excluding carboxylic acids is 2. The SMILES string of the molecule is COC(=O)CC[C@@H]1OC(=O)CCC1(C)C. The van der Waals surface area contributed by atoms with E-state index >= 15 is 0 Å². The van der Waals surface area contributed by atoms with Crippen LogP contribution in [0, 0.1) is 5.41 Å². The summed E-state index contributed by atoms with van der Waals surface area (Å²) in [4.78, 5) is 22.1. The molecule has 4 nitrogen and oxygen atoms in total. The van der Waals surface area contributed by atoms with Crippen LogP contribution in [0.3, 0.4) is 0 Å². The van der Waals surface area contributed by atoms with Crippen molar-refractivity contribution < 1.29 is 19.1 Å². The number of methoxy groups -OCH3 is 1. The zero-order valence-electron chi connectivity index (χ0n) is 9.54. The third-order valence-corrected chi connectivity index (χ3v) is 2.96. The summed E-state index contributed by atoms with van der Waals surface area (Å²) < 4.78 is 9.81. The van der Waals surface area contributed by atoms with Gasteiger partial charge in [-0.25, -0.2) is 0 Å². The second-order valence-corrected chi connectivity index (χ2v) is 4.58. The van der Waals surface area contributed by atoms with E-state index in [9.17, 15) is 9.59 Å². The summed E-state index contributed by atoms with van der Waals surface area (Å²) in [7, 11) is 1.36. The summed E-state index contributed by atoms with van der Waals surface area (Å²) >= 11 is 0. The van der Waals surface area contributed by atoms with Crippen molar-refractivity contribution in [2.24, 2.45) is 5.41 Å². The molecule has 1 saturated heterocycles. The Kier molecular flexibility index (Phi) is 3.72. The molecule has 1 rings (SSSR count). The second-order valence-electron chi connectivity index (χ2n) is 4.58. The van der Waals surface area contributed by atoms with Crippen molar-refractivity contribution in [1.82, 2.24) is 0 Å². The van der Waals surface area contributed by atoms with Gasteiger partial charge in [0, 0.05) is 18.3 Å². The van der Waals surface area contributed by atoms with Gasteiger partial charge in [-0.3, -0.25) is 9.59 Å². The van der Waals surface area contributed by atoms with Crippen LogP contribution in [0.4, 0.5) is 0 Å². The Bertz CT molecular complexity index is 257. The van der Waals surface area contributed by atoms with Crippen LogP contribution in [-0.4, -0.2) is 25.2 Å². The first kappa shape index (κ1) is 12.0. The van der Waals surface area contributed by atoms with Crippen molar-refractivity contribution in [2.45, 2.75) is 45.6 Å². The summed E-state index contributed by atoms with van der Waals surface area (Å²) in [6.07, 6.45) is 1.97. The smallest absolute Gasteiger partial charge is 0.306 e. The standard InChI is InChI=1S/C11H18O4/c1-11(2)7-6-10(13)15-8(11)4-5-9(12)14-3/h8H,4-7H2,1-3H3/t8-/m0/s1. The number of hydrogen-bond acceptors (Lipinski definition) is 4. The fourth-order valence-electron chi connectivity index (χ4n) is 1.76. The lowest BCUT2D eigenvalue weighted by Crippen LogP contribution is -2.39. The van der Waals surface area contributed by atoms with E-state index < -0.39 is 0 Å². The number of rotatable bonds is 3. The maximum atomic E-state index is 11.1. The molecule has 0 saturated carbocycles. The van der Waals surface area contributed by atoms with Gasteiger partial charge in [-0.05, 0) is 12.8 Å². The van der Waals surface area contributed by atoms with E-state index in [2.05, 4.69) is 18.6 Å². The Hall–Kier alpha value is -1.06. The van der Waals surface area contributed by atoms with Gasteiger partial charge in [0.2, 0.25) is 0 Å². The second kappa shape index (κ2) is 4.64. The Balaban J connectivity index is 2.50. The zero-order valence-corrected chi connectivity index (χ0v) is 9.54. The highest BCUT2D eigenvalue weighted by molar-refractivity contribution is 5.71. The topological polar surface area (TPSA) is 52.6 Å². The molecular weight excluding hydrogens is 196 g/mol. The van der Waals surface area contributed by atoms with Crippen molar-refractivity contribution in [3.05, 3.63) is 0 Å². The first-order valence-corrected chi connectivity index (χ1v) is 5.22. The van der Waals surface area contributed by atoms with Gasteiger partial charge in [-0.15, -0.1) is 0 Å². The van der Waals surface area contributed by atoms with Gasteiger partial charge in [0.1, 0.15) is 6.10 Å². The highest BCUT2D eigenvalue weighted by atomic mass is 16.5. The van der Waals surface area contributed by atoms with Crippen LogP contribution < -0.4 is 0 Å². The fourth-order valence-corrected chi connectivity index (χ4v) is 1.76. The molecule has 0 N–H and O–H groups in total. The zero-order chi connectivity index (χ0) is 11.5. The Morgan fingerprint density at radius 1 is 1.60 bits per heavy atom. The molecule has 15 heavy (non-hydrogen) atoms. The van der Waals surface area contributed by atoms with Crippen LogP contribution >= 0.6 is 0 Å². The number of hydrogen-bond donors (Lipinski definition) is 0. The quantitative estimate of drug-likeness (QED) is 0.670. The average Bonchev–Trinajstić information content (AvgIpc) is 2.19. The lowest BCUT2D eigenvalue weighted by atomic mass is 9.78. The van der Waals surface area contributed by atoms with Crippen LogP contribution in [-0.2, 0) is 19.1 Å². The Morgan fingerprint density at radius 3 is 2.87 bits per heavy atom. The minimum absolute atomic E-state index is 0.0398. The highest BCUT2D eigenvalue weighted by Crippen LogP contribution is 2.36. The minimum Gasteiger partial charge on any atom is -0.469 e. The summed E-state index contributed by atoms with van der Waals surface area (Å²) in [6, 6.07) is 0. The molecule has 1 atom stereocenters. The van der Waals surface area contributed by atoms with E-state index in [-0.39, 0.29) is 23.5 Å². The van der Waals surface area contributed by atoms with E-state index in [4.69, 9.17) is 4.74 Å². The van der Waals surface area contributed by atoms with Crippen molar-refractivity contribution >= 4 is 11.9 Å². The number of carbonyl (C=O) groups is 2. The molecule has 0 aromatic rings. The fraction of sp³-hybridized carbons (Fsp3) is 0.818. The van der Waals surface area contributed by atoms with Crippen LogP contribution in [0.1, 0.15) is 39.5 Å². The minimum atomic E-state index is -0.257. The maximum Gasteiger partial charge on any atom is 0.306 e. The van der Waals surface area contributed by atoms with Crippen molar-refractivity contribution in [1.29, 1.82) is 0 Å². The highest BCUT2D eigenvalue weighted by Gasteiger charge is 2.37. The summed E-state index contributed by atoms with van der Waals surface area (Å²) in [6.45, 7) is 4.11. The van der Waals surface area contributed by atoms with Gasteiger partial charge < -0.3 is 9.47 Å². The van der Waals surface area contributed by atoms with E-state index in [0.717, 1.165) is 6.42 Å². The lowest BCUT2D eigenvalue weighted by Gasteiger charge is -2.37. The van der Waals surface area contributed by atoms with E-state index in [1.165, 1.54) is 7.11 Å². The van der Waals surface area contributed by atoms with Gasteiger partial charge >= 0.3 is 11.9 Å². The molecule has 0 aliphatic carbocycles. The average molecular weight is 214 g/mol. The first-order valence-electron chi connectivity index (χ1n) is 5.22. The maximum absolute atomic E-state index is 11.1. The largest absolute Gasteiger partial charge is 0.469 e. The van der Waals surface area contributed by atoms with Gasteiger partial charge in [0.25, 0.3) is 0 Å². The molecule has 86 valence electrons. The Morgan fingerprint density at radius 2 is 2.27 bits per heavy atom. The van der Waals surface area contributed by atoms with E-state index in [0.29, 0.717) is 19.3 Å². The molecule has 0 aromatic carbocycles. The molecule has 0 radical (unpaired) electrons. The van der Waals surface area contributed by atoms with Crippen molar-refractivity contribution in [3.63, 3.8) is 0 Å². The van der Waals surface area contributed by atoms with Gasteiger partial charge in [0.05, 0.1) is 7.11 Å². The third-order valence-electron chi connectivity index (χ3n) is 2.96. The lowest BCUT2D eigenvalue weighted by molar-refractivity contribution is -0.166. The van der Waals surface area contributed by atoms with Gasteiger partial charge in [-0.1, -0.05) is 13.8 Å². The predicted molar refractivity (Wildman–Crippen MR) is 54.1 cm³/mol. The molecule has 1 aliphatic rings. The number of ether oxygens (including phenoxy) is 2. The molecule has 4 heteroatoms. The molecule has 0 spiro atoms. The molecule has 0 unspecified atom stereocenters. The molecule has 0 bridgehead atoms. The molecule has 1 heterocycles. The number of cyclic esters (lactones) is 1. The van der Waals surface area contributed by atoms with Crippen LogP contribution in [0.5, 0.6) is 0 Å².